The van der Waals surface area contributed by atoms with Crippen molar-refractivity contribution < 1.29 is 22.7 Å². The van der Waals surface area contributed by atoms with E-state index in [9.17, 15) is 18.0 Å². The lowest BCUT2D eigenvalue weighted by atomic mass is 9.94. The number of carbonyl (C=O) groups excluding carboxylic acids is 1. The number of hydrogen-bond donors (Lipinski definition) is 0. The van der Waals surface area contributed by atoms with Crippen LogP contribution in [0.3, 0.4) is 0 Å². The largest absolute Gasteiger partial charge is 0.462 e. The van der Waals surface area contributed by atoms with Gasteiger partial charge in [0.05, 0.1) is 11.5 Å². The van der Waals surface area contributed by atoms with Gasteiger partial charge in [-0.15, -0.1) is 0 Å². The summed E-state index contributed by atoms with van der Waals surface area (Å²) in [5.74, 6) is -1.02. The van der Waals surface area contributed by atoms with E-state index in [4.69, 9.17) is 4.74 Å². The molecule has 0 amide bonds. The Morgan fingerprint density at radius 3 is 2.59 bits per heavy atom. The number of benzene rings is 1. The molecule has 0 bridgehead atoms. The molecule has 1 aliphatic rings. The predicted octanol–water partition coefficient (Wildman–Crippen LogP) is 3.12. The van der Waals surface area contributed by atoms with Crippen LogP contribution in [0.15, 0.2) is 24.3 Å². The van der Waals surface area contributed by atoms with Crippen LogP contribution in [0.4, 0.5) is 13.2 Å². The molecular weight excluding hydrogens is 233 g/mol. The quantitative estimate of drug-likeness (QED) is 0.709. The lowest BCUT2D eigenvalue weighted by Gasteiger charge is -2.10. The molecule has 1 aliphatic heterocycles. The van der Waals surface area contributed by atoms with Gasteiger partial charge in [0.25, 0.3) is 0 Å². The van der Waals surface area contributed by atoms with Gasteiger partial charge in [-0.3, -0.25) is 4.79 Å². The number of cyclic esters (lactones) is 1. The molecule has 17 heavy (non-hydrogen) atoms. The molecule has 0 radical (unpaired) electrons. The molecule has 0 aliphatic carbocycles. The van der Waals surface area contributed by atoms with Crippen LogP contribution in [-0.2, 0) is 15.7 Å². The van der Waals surface area contributed by atoms with Crippen molar-refractivity contribution in [1.29, 1.82) is 0 Å². The average Bonchev–Trinajstić information content (AvgIpc) is 2.57. The molecule has 2 atom stereocenters. The molecular formula is C12H11F3O2. The van der Waals surface area contributed by atoms with Crippen molar-refractivity contribution in [3.05, 3.63) is 35.4 Å². The second kappa shape index (κ2) is 4.05. The molecule has 1 aromatic carbocycles. The summed E-state index contributed by atoms with van der Waals surface area (Å²) >= 11 is 0. The van der Waals surface area contributed by atoms with Crippen LogP contribution < -0.4 is 0 Å². The first kappa shape index (κ1) is 12.0. The molecule has 92 valence electrons. The summed E-state index contributed by atoms with van der Waals surface area (Å²) < 4.78 is 42.5. The monoisotopic (exact) mass is 244 g/mol. The first-order chi connectivity index (χ1) is 7.88. The fourth-order valence-electron chi connectivity index (χ4n) is 1.96. The van der Waals surface area contributed by atoms with E-state index in [1.165, 1.54) is 12.1 Å². The zero-order chi connectivity index (χ0) is 12.6. The Balaban J connectivity index is 2.31. The van der Waals surface area contributed by atoms with Gasteiger partial charge in [0.15, 0.2) is 0 Å². The Bertz CT molecular complexity index is 440. The third-order valence-electron chi connectivity index (χ3n) is 2.79. The smallest absolute Gasteiger partial charge is 0.416 e. The highest BCUT2D eigenvalue weighted by Gasteiger charge is 2.35. The van der Waals surface area contributed by atoms with Crippen LogP contribution in [0, 0.1) is 0 Å². The Morgan fingerprint density at radius 2 is 2.06 bits per heavy atom. The Hall–Kier alpha value is -1.52. The summed E-state index contributed by atoms with van der Waals surface area (Å²) in [6.07, 6.45) is -4.19. The van der Waals surface area contributed by atoms with Gasteiger partial charge >= 0.3 is 12.1 Å². The SMILES string of the molecule is CC1CC(c2cccc(C(F)(F)F)c2)C(=O)O1. The molecule has 2 unspecified atom stereocenters. The van der Waals surface area contributed by atoms with Crippen LogP contribution in [-0.4, -0.2) is 12.1 Å². The second-order valence-corrected chi connectivity index (χ2v) is 4.16. The predicted molar refractivity (Wildman–Crippen MR) is 54.4 cm³/mol. The molecule has 1 saturated heterocycles. The Kier molecular flexibility index (Phi) is 2.85. The number of alkyl halides is 3. The summed E-state index contributed by atoms with van der Waals surface area (Å²) in [6, 6.07) is 4.85. The summed E-state index contributed by atoms with van der Waals surface area (Å²) in [6.45, 7) is 1.73. The molecule has 1 heterocycles. The summed E-state index contributed by atoms with van der Waals surface area (Å²) in [5, 5.41) is 0. The minimum Gasteiger partial charge on any atom is -0.462 e. The van der Waals surface area contributed by atoms with Crippen molar-refractivity contribution in [2.24, 2.45) is 0 Å². The highest BCUT2D eigenvalue weighted by Crippen LogP contribution is 2.35. The highest BCUT2D eigenvalue weighted by molar-refractivity contribution is 5.80. The van der Waals surface area contributed by atoms with Crippen LogP contribution in [0.1, 0.15) is 30.4 Å². The number of carbonyl (C=O) groups is 1. The third kappa shape index (κ3) is 2.43. The van der Waals surface area contributed by atoms with Crippen molar-refractivity contribution in [3.63, 3.8) is 0 Å². The van der Waals surface area contributed by atoms with E-state index in [2.05, 4.69) is 0 Å². The molecule has 1 aromatic rings. The zero-order valence-corrected chi connectivity index (χ0v) is 9.12. The van der Waals surface area contributed by atoms with Crippen molar-refractivity contribution in [1.82, 2.24) is 0 Å². The first-order valence-electron chi connectivity index (χ1n) is 5.25. The minimum atomic E-state index is -4.38. The van der Waals surface area contributed by atoms with Gasteiger partial charge in [-0.1, -0.05) is 18.2 Å². The Labute approximate surface area is 96.4 Å². The number of rotatable bonds is 1. The molecule has 5 heteroatoms. The average molecular weight is 244 g/mol. The molecule has 0 spiro atoms. The van der Waals surface area contributed by atoms with Crippen molar-refractivity contribution in [2.45, 2.75) is 31.5 Å². The number of halogens is 3. The van der Waals surface area contributed by atoms with Crippen molar-refractivity contribution in [3.8, 4) is 0 Å². The van der Waals surface area contributed by atoms with Crippen LogP contribution in [0.25, 0.3) is 0 Å². The van der Waals surface area contributed by atoms with Gasteiger partial charge in [-0.2, -0.15) is 13.2 Å². The van der Waals surface area contributed by atoms with Gasteiger partial charge in [0.1, 0.15) is 6.10 Å². The van der Waals surface area contributed by atoms with E-state index in [1.54, 1.807) is 6.92 Å². The third-order valence-corrected chi connectivity index (χ3v) is 2.79. The standard InChI is InChI=1S/C12H11F3O2/c1-7-5-10(11(16)17-7)8-3-2-4-9(6-8)12(13,14)15/h2-4,6-7,10H,5H2,1H3. The molecule has 2 nitrogen and oxygen atoms in total. The maximum Gasteiger partial charge on any atom is 0.416 e. The van der Waals surface area contributed by atoms with Gasteiger partial charge in [-0.05, 0) is 18.6 Å². The summed E-state index contributed by atoms with van der Waals surface area (Å²) in [5.41, 5.74) is -0.364. The molecule has 0 N–H and O–H groups in total. The molecule has 2 rings (SSSR count). The number of hydrogen-bond acceptors (Lipinski definition) is 2. The van der Waals surface area contributed by atoms with Crippen LogP contribution in [0.2, 0.25) is 0 Å². The molecule has 0 aromatic heterocycles. The lowest BCUT2D eigenvalue weighted by Crippen LogP contribution is -2.09. The molecule has 0 saturated carbocycles. The minimum absolute atomic E-state index is 0.234. The highest BCUT2D eigenvalue weighted by atomic mass is 19.4. The topological polar surface area (TPSA) is 26.3 Å². The van der Waals surface area contributed by atoms with Crippen molar-refractivity contribution >= 4 is 5.97 Å². The fourth-order valence-corrected chi connectivity index (χ4v) is 1.96. The van der Waals surface area contributed by atoms with Gasteiger partial charge in [-0.25, -0.2) is 0 Å². The normalized spacial score (nSPS) is 24.8. The maximum atomic E-state index is 12.5. The molecule has 1 fully saturated rings. The summed E-state index contributed by atoms with van der Waals surface area (Å²) in [4.78, 5) is 11.4. The van der Waals surface area contributed by atoms with E-state index in [-0.39, 0.29) is 6.10 Å². The van der Waals surface area contributed by atoms with E-state index >= 15 is 0 Å². The number of esters is 1. The van der Waals surface area contributed by atoms with E-state index < -0.39 is 23.6 Å². The lowest BCUT2D eigenvalue weighted by molar-refractivity contribution is -0.142. The van der Waals surface area contributed by atoms with E-state index in [0.29, 0.717) is 12.0 Å². The fraction of sp³-hybridized carbons (Fsp3) is 0.417. The van der Waals surface area contributed by atoms with Gasteiger partial charge in [0, 0.05) is 6.42 Å². The number of ether oxygens (including phenoxy) is 1. The summed E-state index contributed by atoms with van der Waals surface area (Å²) in [7, 11) is 0. The van der Waals surface area contributed by atoms with Gasteiger partial charge < -0.3 is 4.74 Å². The van der Waals surface area contributed by atoms with Crippen LogP contribution in [0.5, 0.6) is 0 Å². The van der Waals surface area contributed by atoms with Gasteiger partial charge in [0.2, 0.25) is 0 Å². The van der Waals surface area contributed by atoms with E-state index in [1.807, 2.05) is 0 Å². The van der Waals surface area contributed by atoms with Crippen LogP contribution >= 0.6 is 0 Å². The zero-order valence-electron chi connectivity index (χ0n) is 9.12. The van der Waals surface area contributed by atoms with E-state index in [0.717, 1.165) is 12.1 Å². The second-order valence-electron chi connectivity index (χ2n) is 4.16. The Morgan fingerprint density at radius 1 is 1.35 bits per heavy atom. The first-order valence-corrected chi connectivity index (χ1v) is 5.25. The maximum absolute atomic E-state index is 12.5. The van der Waals surface area contributed by atoms with Crippen molar-refractivity contribution in [2.75, 3.05) is 0 Å².